The molecular formula is C24H29N3O3S. The number of nitriles is 1. The van der Waals surface area contributed by atoms with Crippen molar-refractivity contribution in [1.82, 2.24) is 4.98 Å². The van der Waals surface area contributed by atoms with Crippen LogP contribution in [0, 0.1) is 11.3 Å². The van der Waals surface area contributed by atoms with Crippen LogP contribution in [0.1, 0.15) is 36.1 Å². The van der Waals surface area contributed by atoms with Gasteiger partial charge < -0.3 is 19.1 Å². The second-order valence-electron chi connectivity index (χ2n) is 8.46. The Labute approximate surface area is 188 Å². The van der Waals surface area contributed by atoms with Crippen LogP contribution in [0.2, 0.25) is 0 Å². The third-order valence-corrected chi connectivity index (χ3v) is 6.76. The molecule has 0 spiro atoms. The Hall–Kier alpha value is -2.27. The number of rotatable bonds is 6. The van der Waals surface area contributed by atoms with E-state index in [0.717, 1.165) is 59.4 Å². The molecule has 1 fully saturated rings. The number of hydrogen-bond acceptors (Lipinski definition) is 7. The zero-order chi connectivity index (χ0) is 21.8. The smallest absolute Gasteiger partial charge is 0.135 e. The average Bonchev–Trinajstić information content (AvgIpc) is 2.79. The third kappa shape index (κ3) is 4.98. The van der Waals surface area contributed by atoms with E-state index in [1.54, 1.807) is 18.9 Å². The van der Waals surface area contributed by atoms with Crippen LogP contribution in [0.25, 0.3) is 0 Å². The molecule has 0 bridgehead atoms. The molecule has 7 heteroatoms. The quantitative estimate of drug-likeness (QED) is 0.631. The van der Waals surface area contributed by atoms with Gasteiger partial charge in [0.1, 0.15) is 22.7 Å². The summed E-state index contributed by atoms with van der Waals surface area (Å²) < 4.78 is 16.9. The largest absolute Gasteiger partial charge is 0.497 e. The van der Waals surface area contributed by atoms with Crippen molar-refractivity contribution in [3.05, 3.63) is 46.5 Å². The summed E-state index contributed by atoms with van der Waals surface area (Å²) in [6.07, 6.45) is 1.62. The number of hydrogen-bond donors (Lipinski definition) is 0. The highest BCUT2D eigenvalue weighted by atomic mass is 32.2. The van der Waals surface area contributed by atoms with Gasteiger partial charge in [-0.2, -0.15) is 5.26 Å². The van der Waals surface area contributed by atoms with Crippen molar-refractivity contribution >= 4 is 17.6 Å². The van der Waals surface area contributed by atoms with Crippen molar-refractivity contribution in [2.75, 3.05) is 44.1 Å². The number of pyridine rings is 1. The molecule has 2 aromatic rings. The molecule has 3 heterocycles. The highest BCUT2D eigenvalue weighted by Gasteiger charge is 2.33. The van der Waals surface area contributed by atoms with Crippen molar-refractivity contribution in [3.63, 3.8) is 0 Å². The molecule has 4 rings (SSSR count). The van der Waals surface area contributed by atoms with Crippen molar-refractivity contribution in [2.45, 2.75) is 43.9 Å². The molecule has 31 heavy (non-hydrogen) atoms. The lowest BCUT2D eigenvalue weighted by Gasteiger charge is -2.36. The maximum atomic E-state index is 10.0. The molecule has 1 aromatic heterocycles. The molecule has 2 aliphatic rings. The number of anilines is 1. The summed E-state index contributed by atoms with van der Waals surface area (Å²) >= 11 is 1.66. The lowest BCUT2D eigenvalue weighted by atomic mass is 9.89. The number of nitrogens with zero attached hydrogens (tertiary/aromatic N) is 3. The first-order valence-corrected chi connectivity index (χ1v) is 11.7. The lowest BCUT2D eigenvalue weighted by Crippen LogP contribution is -2.39. The van der Waals surface area contributed by atoms with Crippen molar-refractivity contribution in [2.24, 2.45) is 0 Å². The maximum Gasteiger partial charge on any atom is 0.135 e. The first kappa shape index (κ1) is 21.9. The zero-order valence-electron chi connectivity index (χ0n) is 18.4. The number of aromatic nitrogens is 1. The van der Waals surface area contributed by atoms with Gasteiger partial charge in [-0.15, -0.1) is 11.8 Å². The topological polar surface area (TPSA) is 67.6 Å². The van der Waals surface area contributed by atoms with Crippen LogP contribution < -0.4 is 9.64 Å². The van der Waals surface area contributed by atoms with E-state index < -0.39 is 0 Å². The minimum Gasteiger partial charge on any atom is -0.497 e. The molecule has 0 N–H and O–H groups in total. The first-order valence-electron chi connectivity index (χ1n) is 10.7. The Bertz CT molecular complexity index is 964. The number of morpholine rings is 1. The molecule has 1 aromatic carbocycles. The van der Waals surface area contributed by atoms with Crippen molar-refractivity contribution in [3.8, 4) is 11.8 Å². The van der Waals surface area contributed by atoms with Gasteiger partial charge in [-0.05, 0) is 43.5 Å². The summed E-state index contributed by atoms with van der Waals surface area (Å²) in [5.74, 6) is 2.68. The minimum atomic E-state index is -0.284. The van der Waals surface area contributed by atoms with Crippen LogP contribution in [0.3, 0.4) is 0 Å². The Balaban J connectivity index is 1.61. The van der Waals surface area contributed by atoms with Crippen LogP contribution in [0.5, 0.6) is 5.75 Å². The van der Waals surface area contributed by atoms with Gasteiger partial charge in [0, 0.05) is 30.8 Å². The second kappa shape index (κ2) is 9.47. The number of aryl methyl sites for hydroxylation is 1. The number of thioether (sulfide) groups is 1. The summed E-state index contributed by atoms with van der Waals surface area (Å²) in [7, 11) is 1.68. The third-order valence-electron chi connectivity index (χ3n) is 5.78. The zero-order valence-corrected chi connectivity index (χ0v) is 19.3. The average molecular weight is 440 g/mol. The molecule has 1 saturated heterocycles. The Kier molecular flexibility index (Phi) is 6.71. The van der Waals surface area contributed by atoms with Gasteiger partial charge in [0.2, 0.25) is 0 Å². The maximum absolute atomic E-state index is 10.0. The predicted octanol–water partition coefficient (Wildman–Crippen LogP) is 3.98. The SMILES string of the molecule is COc1ccc(CCSc2nc(N3CCOCC3)c3c(c2C#N)CC(C)(C)OC3)cc1. The Morgan fingerprint density at radius 1 is 1.19 bits per heavy atom. The van der Waals surface area contributed by atoms with Crippen LogP contribution in [0.15, 0.2) is 29.3 Å². The van der Waals surface area contributed by atoms with Crippen molar-refractivity contribution in [1.29, 1.82) is 5.26 Å². The van der Waals surface area contributed by atoms with E-state index >= 15 is 0 Å². The van der Waals surface area contributed by atoms with Crippen LogP contribution in [-0.2, 0) is 28.9 Å². The van der Waals surface area contributed by atoms with Gasteiger partial charge in [0.15, 0.2) is 0 Å². The standard InChI is InChI=1S/C24H29N3O3S/c1-24(2)14-19-20(15-25)23(31-13-8-17-4-6-18(28-3)7-5-17)26-22(21(19)16-30-24)27-9-11-29-12-10-27/h4-7H,8-14,16H2,1-3H3. The van der Waals surface area contributed by atoms with E-state index in [2.05, 4.69) is 36.9 Å². The van der Waals surface area contributed by atoms with Crippen LogP contribution in [-0.4, -0.2) is 49.8 Å². The summed E-state index contributed by atoms with van der Waals surface area (Å²) in [6, 6.07) is 10.6. The fraction of sp³-hybridized carbons (Fsp3) is 0.500. The molecule has 6 nitrogen and oxygen atoms in total. The normalized spacial score (nSPS) is 17.7. The molecule has 0 radical (unpaired) electrons. The number of benzene rings is 1. The van der Waals surface area contributed by atoms with Gasteiger partial charge in [0.05, 0.1) is 38.1 Å². The summed E-state index contributed by atoms with van der Waals surface area (Å²) in [4.78, 5) is 7.27. The van der Waals surface area contributed by atoms with Crippen molar-refractivity contribution < 1.29 is 14.2 Å². The molecule has 0 aliphatic carbocycles. The van der Waals surface area contributed by atoms with E-state index in [4.69, 9.17) is 19.2 Å². The van der Waals surface area contributed by atoms with E-state index in [9.17, 15) is 5.26 Å². The fourth-order valence-corrected chi connectivity index (χ4v) is 5.04. The summed E-state index contributed by atoms with van der Waals surface area (Å²) in [6.45, 7) is 7.68. The molecule has 0 atom stereocenters. The van der Waals surface area contributed by atoms with Gasteiger partial charge in [-0.3, -0.25) is 0 Å². The van der Waals surface area contributed by atoms with E-state index in [1.807, 2.05) is 12.1 Å². The van der Waals surface area contributed by atoms with Gasteiger partial charge in [0.25, 0.3) is 0 Å². The number of fused-ring (bicyclic) bond motifs is 1. The minimum absolute atomic E-state index is 0.284. The molecule has 164 valence electrons. The number of ether oxygens (including phenoxy) is 3. The summed E-state index contributed by atoms with van der Waals surface area (Å²) in [5.41, 5.74) is 3.84. The number of methoxy groups -OCH3 is 1. The second-order valence-corrected chi connectivity index (χ2v) is 9.54. The van der Waals surface area contributed by atoms with Gasteiger partial charge in [-0.1, -0.05) is 12.1 Å². The monoisotopic (exact) mass is 439 g/mol. The molecule has 0 saturated carbocycles. The van der Waals surface area contributed by atoms with Crippen LogP contribution in [0.4, 0.5) is 5.82 Å². The van der Waals surface area contributed by atoms with E-state index in [1.165, 1.54) is 5.56 Å². The van der Waals surface area contributed by atoms with E-state index in [0.29, 0.717) is 25.4 Å². The van der Waals surface area contributed by atoms with Gasteiger partial charge in [-0.25, -0.2) is 4.98 Å². The molecular weight excluding hydrogens is 410 g/mol. The van der Waals surface area contributed by atoms with Gasteiger partial charge >= 0.3 is 0 Å². The molecule has 2 aliphatic heterocycles. The highest BCUT2D eigenvalue weighted by molar-refractivity contribution is 7.99. The Morgan fingerprint density at radius 2 is 1.94 bits per heavy atom. The predicted molar refractivity (Wildman–Crippen MR) is 122 cm³/mol. The fourth-order valence-electron chi connectivity index (χ4n) is 4.04. The highest BCUT2D eigenvalue weighted by Crippen LogP contribution is 2.38. The molecule has 0 unspecified atom stereocenters. The van der Waals surface area contributed by atoms with E-state index in [-0.39, 0.29) is 5.60 Å². The summed E-state index contributed by atoms with van der Waals surface area (Å²) in [5, 5.41) is 10.9. The Morgan fingerprint density at radius 3 is 2.61 bits per heavy atom. The first-order chi connectivity index (χ1) is 15.0. The van der Waals surface area contributed by atoms with Crippen LogP contribution >= 0.6 is 11.8 Å². The lowest BCUT2D eigenvalue weighted by molar-refractivity contribution is -0.0402. The molecule has 0 amide bonds.